The molecule has 1 fully saturated rings. The van der Waals surface area contributed by atoms with E-state index >= 15 is 0 Å². The van der Waals surface area contributed by atoms with Crippen LogP contribution in [0.1, 0.15) is 37.0 Å². The molecule has 7 heteroatoms. The van der Waals surface area contributed by atoms with Gasteiger partial charge in [0.2, 0.25) is 0 Å². The van der Waals surface area contributed by atoms with E-state index in [4.69, 9.17) is 9.47 Å². The maximum atomic E-state index is 11.6. The van der Waals surface area contributed by atoms with Gasteiger partial charge in [0.15, 0.2) is 0 Å². The molecular formula is C16H23N3O4. The predicted molar refractivity (Wildman–Crippen MR) is 85.4 cm³/mol. The standard InChI is InChI=1S/C16H23N3O4/c1-3-22-15(20)12-5-6-14(17-11-12)18-13-7-9-19(10-8-13)16(21)23-4-2/h5-6,11,13H,3-4,7-10H2,1-2H3,(H,17,18). The molecule has 1 N–H and O–H groups in total. The van der Waals surface area contributed by atoms with E-state index in [9.17, 15) is 9.59 Å². The fraction of sp³-hybridized carbons (Fsp3) is 0.562. The molecule has 0 radical (unpaired) electrons. The maximum absolute atomic E-state index is 11.6. The van der Waals surface area contributed by atoms with Crippen LogP contribution in [-0.4, -0.2) is 54.3 Å². The molecule has 0 aromatic carbocycles. The minimum absolute atomic E-state index is 0.247. The van der Waals surface area contributed by atoms with Gasteiger partial charge in [0.25, 0.3) is 0 Å². The van der Waals surface area contributed by atoms with E-state index in [0.717, 1.165) is 12.8 Å². The average molecular weight is 321 g/mol. The lowest BCUT2D eigenvalue weighted by atomic mass is 10.1. The fourth-order valence-electron chi connectivity index (χ4n) is 2.44. The second kappa shape index (κ2) is 8.36. The van der Waals surface area contributed by atoms with Crippen molar-refractivity contribution < 1.29 is 19.1 Å². The van der Waals surface area contributed by atoms with Crippen LogP contribution in [0.15, 0.2) is 18.3 Å². The smallest absolute Gasteiger partial charge is 0.409 e. The number of hydrogen-bond donors (Lipinski definition) is 1. The molecule has 1 aliphatic heterocycles. The van der Waals surface area contributed by atoms with Crippen LogP contribution in [0, 0.1) is 0 Å². The Balaban J connectivity index is 1.82. The molecule has 1 aliphatic rings. The van der Waals surface area contributed by atoms with Crippen molar-refractivity contribution in [3.63, 3.8) is 0 Å². The van der Waals surface area contributed by atoms with E-state index in [2.05, 4.69) is 10.3 Å². The molecule has 0 bridgehead atoms. The van der Waals surface area contributed by atoms with Crippen LogP contribution in [0.2, 0.25) is 0 Å². The van der Waals surface area contributed by atoms with E-state index < -0.39 is 0 Å². The molecule has 126 valence electrons. The molecular weight excluding hydrogens is 298 g/mol. The quantitative estimate of drug-likeness (QED) is 0.838. The summed E-state index contributed by atoms with van der Waals surface area (Å²) < 4.78 is 9.92. The highest BCUT2D eigenvalue weighted by Gasteiger charge is 2.23. The van der Waals surface area contributed by atoms with Crippen LogP contribution in [0.4, 0.5) is 10.6 Å². The van der Waals surface area contributed by atoms with Gasteiger partial charge in [-0.2, -0.15) is 0 Å². The Morgan fingerprint density at radius 3 is 2.48 bits per heavy atom. The Hall–Kier alpha value is -2.31. The van der Waals surface area contributed by atoms with Crippen LogP contribution >= 0.6 is 0 Å². The minimum atomic E-state index is -0.366. The van der Waals surface area contributed by atoms with Crippen LogP contribution in [0.25, 0.3) is 0 Å². The summed E-state index contributed by atoms with van der Waals surface area (Å²) >= 11 is 0. The topological polar surface area (TPSA) is 80.8 Å². The Morgan fingerprint density at radius 2 is 1.91 bits per heavy atom. The summed E-state index contributed by atoms with van der Waals surface area (Å²) in [5, 5.41) is 3.33. The molecule has 0 aliphatic carbocycles. The summed E-state index contributed by atoms with van der Waals surface area (Å²) in [4.78, 5) is 29.2. The SMILES string of the molecule is CCOC(=O)c1ccc(NC2CCN(C(=O)OCC)CC2)nc1. The normalized spacial score (nSPS) is 15.1. The number of anilines is 1. The Kier molecular flexibility index (Phi) is 6.19. The molecule has 1 saturated heterocycles. The molecule has 23 heavy (non-hydrogen) atoms. The molecule has 2 heterocycles. The van der Waals surface area contributed by atoms with Crippen molar-refractivity contribution in [1.29, 1.82) is 0 Å². The first-order chi connectivity index (χ1) is 11.1. The first-order valence-electron chi connectivity index (χ1n) is 7.95. The molecule has 1 aromatic rings. The fourth-order valence-corrected chi connectivity index (χ4v) is 2.44. The number of esters is 1. The molecule has 7 nitrogen and oxygen atoms in total. The van der Waals surface area contributed by atoms with Gasteiger partial charge in [-0.15, -0.1) is 0 Å². The number of nitrogens with zero attached hydrogens (tertiary/aromatic N) is 2. The summed E-state index contributed by atoms with van der Waals surface area (Å²) in [7, 11) is 0. The number of carbonyl (C=O) groups is 2. The highest BCUT2D eigenvalue weighted by Crippen LogP contribution is 2.16. The zero-order valence-electron chi connectivity index (χ0n) is 13.6. The summed E-state index contributed by atoms with van der Waals surface area (Å²) in [5.74, 6) is 0.349. The number of nitrogens with one attached hydrogen (secondary N) is 1. The number of hydrogen-bond acceptors (Lipinski definition) is 6. The second-order valence-electron chi connectivity index (χ2n) is 5.26. The van der Waals surface area contributed by atoms with Gasteiger partial charge >= 0.3 is 12.1 Å². The van der Waals surface area contributed by atoms with Crippen LogP contribution in [0.5, 0.6) is 0 Å². The van der Waals surface area contributed by atoms with Gasteiger partial charge in [-0.25, -0.2) is 14.6 Å². The van der Waals surface area contributed by atoms with Crippen molar-refractivity contribution >= 4 is 17.9 Å². The largest absolute Gasteiger partial charge is 0.462 e. The zero-order valence-corrected chi connectivity index (χ0v) is 13.6. The van der Waals surface area contributed by atoms with Gasteiger partial charge in [-0.05, 0) is 38.8 Å². The monoisotopic (exact) mass is 321 g/mol. The zero-order chi connectivity index (χ0) is 16.7. The van der Waals surface area contributed by atoms with Crippen molar-refractivity contribution in [1.82, 2.24) is 9.88 Å². The number of ether oxygens (including phenoxy) is 2. The Labute approximate surface area is 136 Å². The predicted octanol–water partition coefficient (Wildman–Crippen LogP) is 2.29. The highest BCUT2D eigenvalue weighted by atomic mass is 16.6. The average Bonchev–Trinajstić information content (AvgIpc) is 2.56. The number of piperidine rings is 1. The van der Waals surface area contributed by atoms with Gasteiger partial charge in [0.05, 0.1) is 18.8 Å². The Bertz CT molecular complexity index is 525. The van der Waals surface area contributed by atoms with Crippen molar-refractivity contribution in [3.05, 3.63) is 23.9 Å². The molecule has 0 spiro atoms. The maximum Gasteiger partial charge on any atom is 0.409 e. The summed E-state index contributed by atoms with van der Waals surface area (Å²) in [5.41, 5.74) is 0.439. The summed E-state index contributed by atoms with van der Waals surface area (Å²) in [6.07, 6.45) is 2.93. The lowest BCUT2D eigenvalue weighted by Gasteiger charge is -2.31. The van der Waals surface area contributed by atoms with E-state index in [1.165, 1.54) is 6.20 Å². The van der Waals surface area contributed by atoms with E-state index in [1.807, 2.05) is 0 Å². The van der Waals surface area contributed by atoms with Gasteiger partial charge in [-0.3, -0.25) is 0 Å². The van der Waals surface area contributed by atoms with Crippen molar-refractivity contribution in [2.45, 2.75) is 32.7 Å². The second-order valence-corrected chi connectivity index (χ2v) is 5.26. The van der Waals surface area contributed by atoms with E-state index in [1.54, 1.807) is 30.9 Å². The van der Waals surface area contributed by atoms with Crippen LogP contribution in [-0.2, 0) is 9.47 Å². The number of rotatable bonds is 5. The number of carbonyl (C=O) groups excluding carboxylic acids is 2. The van der Waals surface area contributed by atoms with Crippen molar-refractivity contribution in [3.8, 4) is 0 Å². The Morgan fingerprint density at radius 1 is 1.22 bits per heavy atom. The third-order valence-electron chi connectivity index (χ3n) is 3.65. The first kappa shape index (κ1) is 17.1. The number of amides is 1. The minimum Gasteiger partial charge on any atom is -0.462 e. The summed E-state index contributed by atoms with van der Waals surface area (Å²) in [6.45, 7) is 5.64. The van der Waals surface area contributed by atoms with Crippen molar-refractivity contribution in [2.24, 2.45) is 0 Å². The molecule has 2 rings (SSSR count). The first-order valence-corrected chi connectivity index (χ1v) is 7.95. The summed E-state index contributed by atoms with van der Waals surface area (Å²) in [6, 6.07) is 3.71. The molecule has 1 aromatic heterocycles. The van der Waals surface area contributed by atoms with Gasteiger partial charge in [0, 0.05) is 25.3 Å². The molecule has 1 amide bonds. The van der Waals surface area contributed by atoms with Gasteiger partial charge in [0.1, 0.15) is 5.82 Å². The number of aromatic nitrogens is 1. The van der Waals surface area contributed by atoms with E-state index in [-0.39, 0.29) is 18.1 Å². The molecule has 0 atom stereocenters. The lowest BCUT2D eigenvalue weighted by molar-refractivity contribution is 0.0526. The van der Waals surface area contributed by atoms with E-state index in [0.29, 0.717) is 37.7 Å². The van der Waals surface area contributed by atoms with Crippen molar-refractivity contribution in [2.75, 3.05) is 31.6 Å². The number of pyridine rings is 1. The molecule has 0 unspecified atom stereocenters. The van der Waals surface area contributed by atoms with Crippen LogP contribution in [0.3, 0.4) is 0 Å². The third kappa shape index (κ3) is 4.84. The molecule has 0 saturated carbocycles. The lowest BCUT2D eigenvalue weighted by Crippen LogP contribution is -2.42. The van der Waals surface area contributed by atoms with Crippen LogP contribution < -0.4 is 5.32 Å². The van der Waals surface area contributed by atoms with Gasteiger partial charge < -0.3 is 19.7 Å². The number of likely N-dealkylation sites (tertiary alicyclic amines) is 1. The highest BCUT2D eigenvalue weighted by molar-refractivity contribution is 5.89. The third-order valence-corrected chi connectivity index (χ3v) is 3.65. The van der Waals surface area contributed by atoms with Gasteiger partial charge in [-0.1, -0.05) is 0 Å².